The van der Waals surface area contributed by atoms with E-state index in [1.165, 1.54) is 0 Å². The molecule has 0 aromatic heterocycles. The van der Waals surface area contributed by atoms with Gasteiger partial charge >= 0.3 is 0 Å². The molecule has 1 aromatic carbocycles. The SMILES string of the molecule is COCC1(C)CN=C(N)N1c1cccc(Br)c1. The van der Waals surface area contributed by atoms with Crippen LogP contribution in [-0.4, -0.2) is 31.8 Å². The fraction of sp³-hybridized carbons (Fsp3) is 0.417. The second kappa shape index (κ2) is 4.66. The maximum atomic E-state index is 5.97. The molecule has 0 bridgehead atoms. The van der Waals surface area contributed by atoms with Crippen molar-refractivity contribution in [3.8, 4) is 0 Å². The molecule has 0 amide bonds. The highest BCUT2D eigenvalue weighted by molar-refractivity contribution is 9.10. The lowest BCUT2D eigenvalue weighted by molar-refractivity contribution is 0.149. The van der Waals surface area contributed by atoms with Gasteiger partial charge in [0.2, 0.25) is 0 Å². The molecule has 0 radical (unpaired) electrons. The Balaban J connectivity index is 2.37. The highest BCUT2D eigenvalue weighted by Crippen LogP contribution is 2.30. The van der Waals surface area contributed by atoms with Crippen molar-refractivity contribution in [1.82, 2.24) is 0 Å². The van der Waals surface area contributed by atoms with Crippen molar-refractivity contribution in [2.45, 2.75) is 12.5 Å². The number of anilines is 1. The molecule has 0 saturated heterocycles. The zero-order valence-corrected chi connectivity index (χ0v) is 11.6. The quantitative estimate of drug-likeness (QED) is 0.928. The van der Waals surface area contributed by atoms with Gasteiger partial charge in [-0.25, -0.2) is 0 Å². The van der Waals surface area contributed by atoms with Gasteiger partial charge in [-0.2, -0.15) is 0 Å². The van der Waals surface area contributed by atoms with Gasteiger partial charge in [0, 0.05) is 17.3 Å². The van der Waals surface area contributed by atoms with Gasteiger partial charge in [-0.1, -0.05) is 22.0 Å². The van der Waals surface area contributed by atoms with E-state index >= 15 is 0 Å². The van der Waals surface area contributed by atoms with Crippen LogP contribution in [0, 0.1) is 0 Å². The number of nitrogens with two attached hydrogens (primary N) is 1. The lowest BCUT2D eigenvalue weighted by atomic mass is 10.0. The van der Waals surface area contributed by atoms with E-state index in [0.29, 0.717) is 19.1 Å². The van der Waals surface area contributed by atoms with Gasteiger partial charge in [-0.3, -0.25) is 4.99 Å². The molecule has 2 N–H and O–H groups in total. The van der Waals surface area contributed by atoms with Crippen LogP contribution in [0.15, 0.2) is 33.7 Å². The molecule has 1 heterocycles. The maximum absolute atomic E-state index is 5.97. The Labute approximate surface area is 110 Å². The first-order valence-electron chi connectivity index (χ1n) is 5.41. The van der Waals surface area contributed by atoms with Crippen LogP contribution < -0.4 is 10.6 Å². The van der Waals surface area contributed by atoms with Crippen molar-refractivity contribution in [3.63, 3.8) is 0 Å². The molecule has 1 aliphatic heterocycles. The topological polar surface area (TPSA) is 50.9 Å². The van der Waals surface area contributed by atoms with Crippen LogP contribution in [0.3, 0.4) is 0 Å². The summed E-state index contributed by atoms with van der Waals surface area (Å²) in [6, 6.07) is 8.02. The van der Waals surface area contributed by atoms with Gasteiger partial charge in [-0.05, 0) is 25.1 Å². The summed E-state index contributed by atoms with van der Waals surface area (Å²) >= 11 is 3.47. The number of ether oxygens (including phenoxy) is 1. The predicted octanol–water partition coefficient (Wildman–Crippen LogP) is 1.99. The number of rotatable bonds is 3. The number of halogens is 1. The van der Waals surface area contributed by atoms with Crippen molar-refractivity contribution < 1.29 is 4.74 Å². The Morgan fingerprint density at radius 3 is 3.00 bits per heavy atom. The average molecular weight is 298 g/mol. The molecule has 5 heteroatoms. The van der Waals surface area contributed by atoms with Crippen molar-refractivity contribution in [2.75, 3.05) is 25.2 Å². The van der Waals surface area contributed by atoms with Crippen molar-refractivity contribution in [1.29, 1.82) is 0 Å². The minimum Gasteiger partial charge on any atom is -0.382 e. The summed E-state index contributed by atoms with van der Waals surface area (Å²) in [4.78, 5) is 6.35. The number of methoxy groups -OCH3 is 1. The van der Waals surface area contributed by atoms with Crippen molar-refractivity contribution >= 4 is 27.6 Å². The van der Waals surface area contributed by atoms with Crippen LogP contribution in [0.5, 0.6) is 0 Å². The molecule has 2 rings (SSSR count). The zero-order valence-electron chi connectivity index (χ0n) is 9.98. The molecule has 1 unspecified atom stereocenters. The molecule has 1 aromatic rings. The molecule has 0 aliphatic carbocycles. The number of benzene rings is 1. The molecule has 17 heavy (non-hydrogen) atoms. The molecule has 1 aliphatic rings. The summed E-state index contributed by atoms with van der Waals surface area (Å²) in [5.74, 6) is 0.544. The third kappa shape index (κ3) is 2.30. The van der Waals surface area contributed by atoms with E-state index in [4.69, 9.17) is 10.5 Å². The van der Waals surface area contributed by atoms with E-state index < -0.39 is 0 Å². The molecular formula is C12H16BrN3O. The molecule has 92 valence electrons. The highest BCUT2D eigenvalue weighted by atomic mass is 79.9. The minimum absolute atomic E-state index is 0.209. The Morgan fingerprint density at radius 2 is 2.35 bits per heavy atom. The van der Waals surface area contributed by atoms with Crippen LogP contribution >= 0.6 is 15.9 Å². The molecule has 1 atom stereocenters. The van der Waals surface area contributed by atoms with Crippen LogP contribution in [0.1, 0.15) is 6.92 Å². The maximum Gasteiger partial charge on any atom is 0.196 e. The third-order valence-electron chi connectivity index (χ3n) is 2.87. The molecule has 0 spiro atoms. The summed E-state index contributed by atoms with van der Waals surface area (Å²) in [6.07, 6.45) is 0. The zero-order chi connectivity index (χ0) is 12.5. The number of hydrogen-bond donors (Lipinski definition) is 1. The fourth-order valence-corrected chi connectivity index (χ4v) is 2.54. The standard InChI is InChI=1S/C12H16BrN3O/c1-12(8-17-2)7-15-11(14)16(12)10-5-3-4-9(13)6-10/h3-6H,7-8H2,1-2H3,(H2,14,15). The average Bonchev–Trinajstić information content (AvgIpc) is 2.55. The second-order valence-electron chi connectivity index (χ2n) is 4.42. The number of guanidine groups is 1. The molecule has 0 saturated carbocycles. The summed E-state index contributed by atoms with van der Waals surface area (Å²) in [5.41, 5.74) is 6.79. The number of hydrogen-bond acceptors (Lipinski definition) is 4. The Kier molecular flexibility index (Phi) is 3.40. The second-order valence-corrected chi connectivity index (χ2v) is 5.34. The van der Waals surface area contributed by atoms with E-state index in [2.05, 4.69) is 27.8 Å². The highest BCUT2D eigenvalue weighted by Gasteiger charge is 2.39. The van der Waals surface area contributed by atoms with Gasteiger partial charge in [0.25, 0.3) is 0 Å². The van der Waals surface area contributed by atoms with Crippen LogP contribution in [0.25, 0.3) is 0 Å². The number of nitrogens with zero attached hydrogens (tertiary/aromatic N) is 2. The van der Waals surface area contributed by atoms with Gasteiger partial charge in [0.1, 0.15) is 0 Å². The largest absolute Gasteiger partial charge is 0.382 e. The van der Waals surface area contributed by atoms with Gasteiger partial charge in [-0.15, -0.1) is 0 Å². The Hall–Kier alpha value is -1.07. The summed E-state index contributed by atoms with van der Waals surface area (Å²) in [7, 11) is 1.69. The first-order valence-corrected chi connectivity index (χ1v) is 6.21. The van der Waals surface area contributed by atoms with E-state index in [9.17, 15) is 0 Å². The van der Waals surface area contributed by atoms with Crippen LogP contribution in [0.4, 0.5) is 5.69 Å². The predicted molar refractivity (Wildman–Crippen MR) is 73.4 cm³/mol. The smallest absolute Gasteiger partial charge is 0.196 e. The van der Waals surface area contributed by atoms with E-state index in [-0.39, 0.29) is 5.54 Å². The lowest BCUT2D eigenvalue weighted by Gasteiger charge is -2.35. The molecule has 0 fully saturated rings. The van der Waals surface area contributed by atoms with E-state index in [0.717, 1.165) is 10.2 Å². The fourth-order valence-electron chi connectivity index (χ4n) is 2.15. The van der Waals surface area contributed by atoms with Gasteiger partial charge in [0.05, 0.1) is 18.7 Å². The van der Waals surface area contributed by atoms with Gasteiger partial charge < -0.3 is 15.4 Å². The third-order valence-corrected chi connectivity index (χ3v) is 3.37. The van der Waals surface area contributed by atoms with E-state index in [1.807, 2.05) is 29.2 Å². The number of aliphatic imine (C=N–C) groups is 1. The van der Waals surface area contributed by atoms with Crippen LogP contribution in [-0.2, 0) is 4.74 Å². The monoisotopic (exact) mass is 297 g/mol. The summed E-state index contributed by atoms with van der Waals surface area (Å²) < 4.78 is 6.30. The summed E-state index contributed by atoms with van der Waals surface area (Å²) in [6.45, 7) is 3.34. The Morgan fingerprint density at radius 1 is 1.59 bits per heavy atom. The van der Waals surface area contributed by atoms with Crippen molar-refractivity contribution in [3.05, 3.63) is 28.7 Å². The normalized spacial score (nSPS) is 23.9. The first-order chi connectivity index (χ1) is 8.07. The lowest BCUT2D eigenvalue weighted by Crippen LogP contribution is -2.52. The van der Waals surface area contributed by atoms with E-state index in [1.54, 1.807) is 7.11 Å². The first kappa shape index (κ1) is 12.4. The summed E-state index contributed by atoms with van der Waals surface area (Å²) in [5, 5.41) is 0. The molecule has 4 nitrogen and oxygen atoms in total. The van der Waals surface area contributed by atoms with Gasteiger partial charge in [0.15, 0.2) is 5.96 Å². The van der Waals surface area contributed by atoms with Crippen LogP contribution in [0.2, 0.25) is 0 Å². The van der Waals surface area contributed by atoms with Crippen molar-refractivity contribution in [2.24, 2.45) is 10.7 Å². The molecular weight excluding hydrogens is 282 g/mol. The minimum atomic E-state index is -0.209. The Bertz CT molecular complexity index is 449.